The number of nitrogens with zero attached hydrogens (tertiary/aromatic N) is 1. The van der Waals surface area contributed by atoms with Crippen LogP contribution in [0.15, 0.2) is 0 Å². The molecule has 0 aromatic carbocycles. The van der Waals surface area contributed by atoms with Crippen LogP contribution < -0.4 is 5.73 Å². The Morgan fingerprint density at radius 2 is 2.36 bits per heavy atom. The first kappa shape index (κ1) is 9.93. The Bertz CT molecular complexity index is 300. The van der Waals surface area contributed by atoms with Gasteiger partial charge in [-0.2, -0.15) is 0 Å². The second-order valence-electron chi connectivity index (χ2n) is 3.71. The van der Waals surface area contributed by atoms with Gasteiger partial charge in [0.15, 0.2) is 0 Å². The molecule has 2 rings (SSSR count). The molecule has 1 aliphatic rings. The molecular formula is C10H16N2OS. The van der Waals surface area contributed by atoms with Gasteiger partial charge in [-0.15, -0.1) is 11.3 Å². The van der Waals surface area contributed by atoms with Crippen LogP contribution in [0.1, 0.15) is 35.8 Å². The van der Waals surface area contributed by atoms with Crippen molar-refractivity contribution in [2.75, 3.05) is 12.3 Å². The van der Waals surface area contributed by atoms with E-state index in [0.717, 1.165) is 16.5 Å². The number of hydrogen-bond donors (Lipinski definition) is 1. The predicted molar refractivity (Wildman–Crippen MR) is 58.4 cm³/mol. The molecular weight excluding hydrogens is 196 g/mol. The molecule has 0 bridgehead atoms. The molecule has 1 aromatic rings. The van der Waals surface area contributed by atoms with Gasteiger partial charge in [-0.1, -0.05) is 0 Å². The second-order valence-corrected chi connectivity index (χ2v) is 4.94. The molecule has 1 saturated carbocycles. The molecule has 78 valence electrons. The van der Waals surface area contributed by atoms with Gasteiger partial charge < -0.3 is 10.5 Å². The first-order valence-electron chi connectivity index (χ1n) is 5.06. The van der Waals surface area contributed by atoms with Gasteiger partial charge in [-0.3, -0.25) is 0 Å². The SMILES string of the molecule is CCOC(c1nc(N)c(C)s1)C1CC1. The van der Waals surface area contributed by atoms with Crippen LogP contribution in [-0.4, -0.2) is 11.6 Å². The van der Waals surface area contributed by atoms with E-state index >= 15 is 0 Å². The summed E-state index contributed by atoms with van der Waals surface area (Å²) in [6.45, 7) is 4.78. The van der Waals surface area contributed by atoms with E-state index in [0.29, 0.717) is 11.7 Å². The molecule has 1 aliphatic carbocycles. The van der Waals surface area contributed by atoms with E-state index in [1.54, 1.807) is 11.3 Å². The van der Waals surface area contributed by atoms with Crippen molar-refractivity contribution in [1.82, 2.24) is 4.98 Å². The summed E-state index contributed by atoms with van der Waals surface area (Å²) in [5.74, 6) is 1.34. The largest absolute Gasteiger partial charge is 0.383 e. The Balaban J connectivity index is 2.16. The highest BCUT2D eigenvalue weighted by Gasteiger charge is 2.35. The van der Waals surface area contributed by atoms with Gasteiger partial charge in [0.2, 0.25) is 0 Å². The molecule has 4 heteroatoms. The third kappa shape index (κ3) is 1.91. The lowest BCUT2D eigenvalue weighted by atomic mass is 10.2. The number of hydrogen-bond acceptors (Lipinski definition) is 4. The summed E-state index contributed by atoms with van der Waals surface area (Å²) in [5, 5.41) is 1.06. The van der Waals surface area contributed by atoms with Gasteiger partial charge in [-0.05, 0) is 32.6 Å². The van der Waals surface area contributed by atoms with Crippen molar-refractivity contribution < 1.29 is 4.74 Å². The Morgan fingerprint density at radius 3 is 2.79 bits per heavy atom. The third-order valence-electron chi connectivity index (χ3n) is 2.49. The summed E-state index contributed by atoms with van der Waals surface area (Å²) in [6.07, 6.45) is 2.73. The maximum atomic E-state index is 5.74. The van der Waals surface area contributed by atoms with Crippen molar-refractivity contribution >= 4 is 17.2 Å². The lowest BCUT2D eigenvalue weighted by molar-refractivity contribution is 0.0463. The zero-order valence-corrected chi connectivity index (χ0v) is 9.43. The van der Waals surface area contributed by atoms with E-state index in [1.165, 1.54) is 12.8 Å². The van der Waals surface area contributed by atoms with Gasteiger partial charge in [0.1, 0.15) is 16.9 Å². The van der Waals surface area contributed by atoms with E-state index in [4.69, 9.17) is 10.5 Å². The van der Waals surface area contributed by atoms with Gasteiger partial charge in [0.05, 0.1) is 0 Å². The highest BCUT2D eigenvalue weighted by molar-refractivity contribution is 7.12. The number of nitrogens with two attached hydrogens (primary N) is 1. The molecule has 1 unspecified atom stereocenters. The molecule has 1 heterocycles. The number of ether oxygens (including phenoxy) is 1. The number of nitrogen functional groups attached to an aromatic ring is 1. The summed E-state index contributed by atoms with van der Waals surface area (Å²) < 4.78 is 5.71. The first-order chi connectivity index (χ1) is 6.72. The Kier molecular flexibility index (Phi) is 2.74. The molecule has 0 amide bonds. The Morgan fingerprint density at radius 1 is 1.64 bits per heavy atom. The summed E-state index contributed by atoms with van der Waals surface area (Å²) in [4.78, 5) is 5.46. The average Bonchev–Trinajstić information content (AvgIpc) is 2.91. The van der Waals surface area contributed by atoms with Crippen LogP contribution in [0, 0.1) is 12.8 Å². The number of aromatic nitrogens is 1. The summed E-state index contributed by atoms with van der Waals surface area (Å²) in [6, 6.07) is 0. The number of aryl methyl sites for hydroxylation is 1. The van der Waals surface area contributed by atoms with Crippen molar-refractivity contribution in [2.24, 2.45) is 5.92 Å². The molecule has 0 spiro atoms. The predicted octanol–water partition coefficient (Wildman–Crippen LogP) is 2.52. The maximum absolute atomic E-state index is 5.74. The van der Waals surface area contributed by atoms with E-state index in [2.05, 4.69) is 4.98 Å². The number of anilines is 1. The van der Waals surface area contributed by atoms with E-state index in [1.807, 2.05) is 13.8 Å². The van der Waals surface area contributed by atoms with Crippen molar-refractivity contribution in [2.45, 2.75) is 32.8 Å². The zero-order chi connectivity index (χ0) is 10.1. The molecule has 2 N–H and O–H groups in total. The summed E-state index contributed by atoms with van der Waals surface area (Å²) >= 11 is 1.67. The van der Waals surface area contributed by atoms with Crippen molar-refractivity contribution in [1.29, 1.82) is 0 Å². The quantitative estimate of drug-likeness (QED) is 0.834. The lowest BCUT2D eigenvalue weighted by Gasteiger charge is -2.12. The average molecular weight is 212 g/mol. The van der Waals surface area contributed by atoms with Crippen LogP contribution in [-0.2, 0) is 4.74 Å². The number of thiazole rings is 1. The zero-order valence-electron chi connectivity index (χ0n) is 8.62. The highest BCUT2D eigenvalue weighted by Crippen LogP contribution is 2.44. The van der Waals surface area contributed by atoms with Crippen LogP contribution in [0.5, 0.6) is 0 Å². The molecule has 1 aromatic heterocycles. The lowest BCUT2D eigenvalue weighted by Crippen LogP contribution is -2.06. The molecule has 1 fully saturated rings. The standard InChI is InChI=1S/C10H16N2OS/c1-3-13-8(7-4-5-7)10-12-9(11)6(2)14-10/h7-8H,3-5,11H2,1-2H3. The Hall–Kier alpha value is -0.610. The first-order valence-corrected chi connectivity index (χ1v) is 5.88. The smallest absolute Gasteiger partial charge is 0.137 e. The van der Waals surface area contributed by atoms with E-state index in [-0.39, 0.29) is 6.10 Å². The molecule has 0 saturated heterocycles. The van der Waals surface area contributed by atoms with Crippen molar-refractivity contribution in [3.63, 3.8) is 0 Å². The van der Waals surface area contributed by atoms with Gasteiger partial charge in [0, 0.05) is 11.5 Å². The van der Waals surface area contributed by atoms with Crippen molar-refractivity contribution in [3.8, 4) is 0 Å². The van der Waals surface area contributed by atoms with Crippen LogP contribution >= 0.6 is 11.3 Å². The summed E-state index contributed by atoms with van der Waals surface area (Å²) in [7, 11) is 0. The van der Waals surface area contributed by atoms with Crippen LogP contribution in [0.3, 0.4) is 0 Å². The van der Waals surface area contributed by atoms with Crippen LogP contribution in [0.25, 0.3) is 0 Å². The van der Waals surface area contributed by atoms with E-state index < -0.39 is 0 Å². The molecule has 0 radical (unpaired) electrons. The van der Waals surface area contributed by atoms with Gasteiger partial charge in [-0.25, -0.2) is 4.98 Å². The topological polar surface area (TPSA) is 48.1 Å². The normalized spacial score (nSPS) is 18.4. The minimum atomic E-state index is 0.195. The maximum Gasteiger partial charge on any atom is 0.137 e. The van der Waals surface area contributed by atoms with Gasteiger partial charge in [0.25, 0.3) is 0 Å². The van der Waals surface area contributed by atoms with Crippen LogP contribution in [0.2, 0.25) is 0 Å². The second kappa shape index (κ2) is 3.87. The highest BCUT2D eigenvalue weighted by atomic mass is 32.1. The Labute approximate surface area is 88.3 Å². The van der Waals surface area contributed by atoms with Gasteiger partial charge >= 0.3 is 0 Å². The van der Waals surface area contributed by atoms with Crippen molar-refractivity contribution in [3.05, 3.63) is 9.88 Å². The fourth-order valence-corrected chi connectivity index (χ4v) is 2.52. The molecule has 14 heavy (non-hydrogen) atoms. The molecule has 3 nitrogen and oxygen atoms in total. The minimum absolute atomic E-state index is 0.195. The van der Waals surface area contributed by atoms with Crippen LogP contribution in [0.4, 0.5) is 5.82 Å². The molecule has 1 atom stereocenters. The minimum Gasteiger partial charge on any atom is -0.383 e. The summed E-state index contributed by atoms with van der Waals surface area (Å²) in [5.41, 5.74) is 5.74. The third-order valence-corrected chi connectivity index (χ3v) is 3.54. The van der Waals surface area contributed by atoms with E-state index in [9.17, 15) is 0 Å². The number of rotatable bonds is 4. The molecule has 0 aliphatic heterocycles. The fraction of sp³-hybridized carbons (Fsp3) is 0.700. The monoisotopic (exact) mass is 212 g/mol. The fourth-order valence-electron chi connectivity index (χ4n) is 1.54.